The van der Waals surface area contributed by atoms with E-state index in [0.29, 0.717) is 11.8 Å². The van der Waals surface area contributed by atoms with Gasteiger partial charge in [-0.1, -0.05) is 18.2 Å². The summed E-state index contributed by atoms with van der Waals surface area (Å²) in [4.78, 5) is 28.9. The lowest BCUT2D eigenvalue weighted by atomic mass is 9.94. The van der Waals surface area contributed by atoms with Gasteiger partial charge in [-0.3, -0.25) is 14.8 Å². The van der Waals surface area contributed by atoms with Gasteiger partial charge in [0.1, 0.15) is 0 Å². The molecular formula is C23H31N5O. The van der Waals surface area contributed by atoms with E-state index in [9.17, 15) is 4.79 Å². The number of para-hydroxylation sites is 1. The highest BCUT2D eigenvalue weighted by atomic mass is 16.2. The van der Waals surface area contributed by atoms with E-state index >= 15 is 0 Å². The summed E-state index contributed by atoms with van der Waals surface area (Å²) in [5.74, 6) is 0.855. The minimum absolute atomic E-state index is 0.173. The molecule has 3 heterocycles. The topological polar surface area (TPSA) is 52.6 Å². The molecule has 1 atom stereocenters. The van der Waals surface area contributed by atoms with Crippen molar-refractivity contribution in [1.82, 2.24) is 19.8 Å². The second kappa shape index (κ2) is 9.35. The molecule has 6 heteroatoms. The number of likely N-dealkylation sites (tertiary alicyclic amines) is 1. The third-order valence-corrected chi connectivity index (χ3v) is 6.21. The summed E-state index contributed by atoms with van der Waals surface area (Å²) in [6, 6.07) is 10.5. The summed E-state index contributed by atoms with van der Waals surface area (Å²) < 4.78 is 0. The maximum absolute atomic E-state index is 13.3. The molecule has 6 nitrogen and oxygen atoms in total. The number of piperidine rings is 1. The molecule has 0 aliphatic carbocycles. The molecule has 2 aliphatic heterocycles. The van der Waals surface area contributed by atoms with Crippen LogP contribution < -0.4 is 4.90 Å². The molecule has 0 unspecified atom stereocenters. The van der Waals surface area contributed by atoms with Crippen molar-refractivity contribution in [3.63, 3.8) is 0 Å². The van der Waals surface area contributed by atoms with Crippen molar-refractivity contribution in [1.29, 1.82) is 0 Å². The third kappa shape index (κ3) is 5.12. The van der Waals surface area contributed by atoms with Crippen LogP contribution in [0.5, 0.6) is 0 Å². The van der Waals surface area contributed by atoms with Crippen molar-refractivity contribution in [3.8, 4) is 0 Å². The number of carbonyl (C=O) groups is 1. The molecule has 0 radical (unpaired) electrons. The highest BCUT2D eigenvalue weighted by Gasteiger charge is 2.31. The number of aromatic nitrogens is 2. The lowest BCUT2D eigenvalue weighted by molar-refractivity contribution is -0.137. The molecule has 2 fully saturated rings. The monoisotopic (exact) mass is 393 g/mol. The van der Waals surface area contributed by atoms with Gasteiger partial charge in [0, 0.05) is 56.4 Å². The second-order valence-corrected chi connectivity index (χ2v) is 8.41. The summed E-state index contributed by atoms with van der Waals surface area (Å²) in [6.07, 6.45) is 8.10. The third-order valence-electron chi connectivity index (χ3n) is 6.21. The SMILES string of the molecule is CN1CCC(C(=O)N2CCN(c3ccccc3)C[C@H](Cc3cnccn3)C2)CC1. The molecule has 0 N–H and O–H groups in total. The summed E-state index contributed by atoms with van der Waals surface area (Å²) in [6.45, 7) is 5.42. The zero-order valence-electron chi connectivity index (χ0n) is 17.3. The number of carbonyl (C=O) groups excluding carboxylic acids is 1. The fourth-order valence-electron chi connectivity index (χ4n) is 4.55. The van der Waals surface area contributed by atoms with Crippen LogP contribution in [0.1, 0.15) is 18.5 Å². The number of benzene rings is 1. The first-order chi connectivity index (χ1) is 14.2. The van der Waals surface area contributed by atoms with E-state index in [1.54, 1.807) is 12.4 Å². The minimum atomic E-state index is 0.173. The van der Waals surface area contributed by atoms with Crippen molar-refractivity contribution >= 4 is 11.6 Å². The largest absolute Gasteiger partial charge is 0.369 e. The van der Waals surface area contributed by atoms with E-state index < -0.39 is 0 Å². The van der Waals surface area contributed by atoms with Crippen LogP contribution in [0.25, 0.3) is 0 Å². The molecule has 2 aliphatic rings. The predicted octanol–water partition coefficient (Wildman–Crippen LogP) is 2.33. The molecular weight excluding hydrogens is 362 g/mol. The normalized spacial score (nSPS) is 21.8. The Morgan fingerprint density at radius 3 is 2.55 bits per heavy atom. The van der Waals surface area contributed by atoms with Crippen LogP contribution in [0.4, 0.5) is 5.69 Å². The van der Waals surface area contributed by atoms with Gasteiger partial charge in [0.2, 0.25) is 5.91 Å². The van der Waals surface area contributed by atoms with Gasteiger partial charge in [-0.15, -0.1) is 0 Å². The summed E-state index contributed by atoms with van der Waals surface area (Å²) >= 11 is 0. The van der Waals surface area contributed by atoms with E-state index in [-0.39, 0.29) is 5.92 Å². The molecule has 0 bridgehead atoms. The van der Waals surface area contributed by atoms with Gasteiger partial charge in [-0.25, -0.2) is 0 Å². The fraction of sp³-hybridized carbons (Fsp3) is 0.522. The maximum atomic E-state index is 13.3. The van der Waals surface area contributed by atoms with E-state index in [4.69, 9.17) is 0 Å². The van der Waals surface area contributed by atoms with Crippen LogP contribution in [0.3, 0.4) is 0 Å². The quantitative estimate of drug-likeness (QED) is 0.798. The predicted molar refractivity (Wildman–Crippen MR) is 115 cm³/mol. The zero-order valence-corrected chi connectivity index (χ0v) is 17.3. The molecule has 4 rings (SSSR count). The maximum Gasteiger partial charge on any atom is 0.225 e. The van der Waals surface area contributed by atoms with Crippen molar-refractivity contribution in [3.05, 3.63) is 54.6 Å². The van der Waals surface area contributed by atoms with Crippen LogP contribution >= 0.6 is 0 Å². The van der Waals surface area contributed by atoms with Gasteiger partial charge in [-0.2, -0.15) is 0 Å². The molecule has 2 saturated heterocycles. The first-order valence-electron chi connectivity index (χ1n) is 10.7. The van der Waals surface area contributed by atoms with Crippen LogP contribution in [0.2, 0.25) is 0 Å². The molecule has 0 spiro atoms. The Morgan fingerprint density at radius 1 is 1.03 bits per heavy atom. The highest BCUT2D eigenvalue weighted by molar-refractivity contribution is 5.79. The lowest BCUT2D eigenvalue weighted by Gasteiger charge is -2.32. The van der Waals surface area contributed by atoms with Crippen molar-refractivity contribution in [2.75, 3.05) is 51.2 Å². The van der Waals surface area contributed by atoms with Gasteiger partial charge in [-0.05, 0) is 57.5 Å². The number of rotatable bonds is 4. The Balaban J connectivity index is 1.50. The Hall–Kier alpha value is -2.47. The first-order valence-corrected chi connectivity index (χ1v) is 10.7. The van der Waals surface area contributed by atoms with Crippen molar-refractivity contribution in [2.24, 2.45) is 11.8 Å². The smallest absolute Gasteiger partial charge is 0.225 e. The standard InChI is InChI=1S/C23H31N5O/c1-26-11-7-20(8-12-26)23(29)28-14-13-27(22-5-3-2-4-6-22)17-19(18-28)15-21-16-24-9-10-25-21/h2-6,9-10,16,19-20H,7-8,11-15,17-18H2,1H3/t19-/m0/s1. The number of amides is 1. The van der Waals surface area contributed by atoms with Crippen LogP contribution in [0.15, 0.2) is 48.9 Å². The van der Waals surface area contributed by atoms with Gasteiger partial charge in [0.15, 0.2) is 0 Å². The summed E-state index contributed by atoms with van der Waals surface area (Å²) in [7, 11) is 2.14. The molecule has 2 aromatic rings. The molecule has 154 valence electrons. The van der Waals surface area contributed by atoms with Crippen LogP contribution in [-0.2, 0) is 11.2 Å². The molecule has 1 aromatic heterocycles. The average Bonchev–Trinajstić information content (AvgIpc) is 2.98. The van der Waals surface area contributed by atoms with Gasteiger partial charge < -0.3 is 14.7 Å². The molecule has 1 aromatic carbocycles. The van der Waals surface area contributed by atoms with Gasteiger partial charge in [0.05, 0.1) is 5.69 Å². The summed E-state index contributed by atoms with van der Waals surface area (Å²) in [5, 5.41) is 0. The highest BCUT2D eigenvalue weighted by Crippen LogP contribution is 2.24. The zero-order chi connectivity index (χ0) is 20.1. The number of hydrogen-bond acceptors (Lipinski definition) is 5. The number of nitrogens with zero attached hydrogens (tertiary/aromatic N) is 5. The lowest BCUT2D eigenvalue weighted by Crippen LogP contribution is -2.44. The fourth-order valence-corrected chi connectivity index (χ4v) is 4.55. The minimum Gasteiger partial charge on any atom is -0.369 e. The van der Waals surface area contributed by atoms with Gasteiger partial charge in [0.25, 0.3) is 0 Å². The molecule has 29 heavy (non-hydrogen) atoms. The Labute approximate surface area is 173 Å². The van der Waals surface area contributed by atoms with Crippen LogP contribution in [-0.4, -0.2) is 72.0 Å². The molecule has 0 saturated carbocycles. The summed E-state index contributed by atoms with van der Waals surface area (Å²) in [5.41, 5.74) is 2.23. The Bertz CT molecular complexity index is 776. The van der Waals surface area contributed by atoms with E-state index in [1.807, 2.05) is 12.3 Å². The van der Waals surface area contributed by atoms with Crippen LogP contribution in [0, 0.1) is 11.8 Å². The van der Waals surface area contributed by atoms with E-state index in [1.165, 1.54) is 5.69 Å². The second-order valence-electron chi connectivity index (χ2n) is 8.41. The molecule has 1 amide bonds. The number of hydrogen-bond donors (Lipinski definition) is 0. The van der Waals surface area contributed by atoms with Crippen molar-refractivity contribution < 1.29 is 4.79 Å². The average molecular weight is 394 g/mol. The van der Waals surface area contributed by atoms with E-state index in [0.717, 1.165) is 64.2 Å². The Kier molecular flexibility index (Phi) is 6.39. The van der Waals surface area contributed by atoms with Crippen molar-refractivity contribution in [2.45, 2.75) is 19.3 Å². The first kappa shape index (κ1) is 19.8. The Morgan fingerprint density at radius 2 is 1.83 bits per heavy atom. The number of anilines is 1. The van der Waals surface area contributed by atoms with Gasteiger partial charge >= 0.3 is 0 Å². The van der Waals surface area contributed by atoms with E-state index in [2.05, 4.69) is 56.0 Å².